The molecule has 3 heterocycles. The highest BCUT2D eigenvalue weighted by atomic mass is 35.5. The molecular formula is C33H37Cl2N3O7. The standard InChI is InChI=1S/C33H37Cl2N3O7/c1-43-24-15-37(16-24)21-12-22(17-44-23-8-6-19(7-9-23)33(41)42)38(14-21)31(39)11-20-10-28(35)29(13-27(20)34)36-32(40)26-18-45-30-5-3-2-4-25(26)30/h2-5,10,13,18-19,21-24H,6-9,11-12,14-17H2,1H3,(H,36,40)(H,41,42)/t19?,21-,22-,23?/m0/s1. The lowest BCUT2D eigenvalue weighted by molar-refractivity contribution is -0.144. The van der Waals surface area contributed by atoms with Crippen molar-refractivity contribution in [3.8, 4) is 0 Å². The summed E-state index contributed by atoms with van der Waals surface area (Å²) in [7, 11) is 1.72. The lowest BCUT2D eigenvalue weighted by Gasteiger charge is -2.42. The molecule has 1 saturated carbocycles. The molecule has 45 heavy (non-hydrogen) atoms. The van der Waals surface area contributed by atoms with Gasteiger partial charge in [0.1, 0.15) is 11.8 Å². The van der Waals surface area contributed by atoms with Gasteiger partial charge in [0.05, 0.1) is 53.5 Å². The van der Waals surface area contributed by atoms with Gasteiger partial charge in [0.25, 0.3) is 5.91 Å². The first-order valence-corrected chi connectivity index (χ1v) is 16.1. The second-order valence-electron chi connectivity index (χ2n) is 12.2. The summed E-state index contributed by atoms with van der Waals surface area (Å²) in [6.45, 7) is 2.64. The average molecular weight is 659 g/mol. The van der Waals surface area contributed by atoms with Gasteiger partial charge in [0, 0.05) is 43.2 Å². The molecule has 240 valence electrons. The number of carbonyl (C=O) groups is 3. The Balaban J connectivity index is 1.11. The Bertz CT molecular complexity index is 1560. The number of fused-ring (bicyclic) bond motifs is 1. The molecule has 3 fully saturated rings. The Morgan fingerprint density at radius 1 is 1.02 bits per heavy atom. The molecule has 0 bridgehead atoms. The van der Waals surface area contributed by atoms with Crippen LogP contribution in [0, 0.1) is 5.92 Å². The number of amides is 2. The number of nitrogens with zero attached hydrogens (tertiary/aromatic N) is 2. The van der Waals surface area contributed by atoms with Crippen LogP contribution < -0.4 is 5.32 Å². The molecule has 0 unspecified atom stereocenters. The fraction of sp³-hybridized carbons (Fsp3) is 0.485. The first-order chi connectivity index (χ1) is 21.7. The largest absolute Gasteiger partial charge is 0.481 e. The van der Waals surface area contributed by atoms with E-state index in [9.17, 15) is 19.5 Å². The van der Waals surface area contributed by atoms with E-state index in [2.05, 4.69) is 10.2 Å². The van der Waals surface area contributed by atoms with Crippen molar-refractivity contribution in [3.63, 3.8) is 0 Å². The minimum atomic E-state index is -0.742. The van der Waals surface area contributed by atoms with E-state index in [1.165, 1.54) is 6.26 Å². The molecule has 2 saturated heterocycles. The number of methoxy groups -OCH3 is 1. The van der Waals surface area contributed by atoms with Gasteiger partial charge in [0.2, 0.25) is 5.91 Å². The second-order valence-corrected chi connectivity index (χ2v) is 13.1. The maximum Gasteiger partial charge on any atom is 0.306 e. The summed E-state index contributed by atoms with van der Waals surface area (Å²) < 4.78 is 17.2. The molecule has 10 nitrogen and oxygen atoms in total. The van der Waals surface area contributed by atoms with Crippen molar-refractivity contribution in [1.29, 1.82) is 0 Å². The number of carbonyl (C=O) groups excluding carboxylic acids is 2. The fourth-order valence-electron chi connectivity index (χ4n) is 6.69. The topological polar surface area (TPSA) is 122 Å². The van der Waals surface area contributed by atoms with Crippen LogP contribution in [0.15, 0.2) is 47.1 Å². The Morgan fingerprint density at radius 3 is 2.51 bits per heavy atom. The number of carboxylic acids is 1. The summed E-state index contributed by atoms with van der Waals surface area (Å²) in [6, 6.07) is 10.5. The molecule has 2 aliphatic heterocycles. The van der Waals surface area contributed by atoms with Gasteiger partial charge < -0.3 is 29.2 Å². The quantitative estimate of drug-likeness (QED) is 0.293. The molecule has 1 aliphatic carbocycles. The van der Waals surface area contributed by atoms with Gasteiger partial charge in [-0.3, -0.25) is 19.3 Å². The van der Waals surface area contributed by atoms with E-state index >= 15 is 0 Å². The number of para-hydroxylation sites is 1. The van der Waals surface area contributed by atoms with Gasteiger partial charge in [-0.2, -0.15) is 0 Å². The number of halogens is 2. The van der Waals surface area contributed by atoms with E-state index in [-0.39, 0.29) is 53.5 Å². The molecule has 2 N–H and O–H groups in total. The summed E-state index contributed by atoms with van der Waals surface area (Å²) in [5.41, 5.74) is 1.88. The van der Waals surface area contributed by atoms with E-state index in [1.54, 1.807) is 31.4 Å². The van der Waals surface area contributed by atoms with Gasteiger partial charge in [0.15, 0.2) is 0 Å². The molecule has 6 rings (SSSR count). The van der Waals surface area contributed by atoms with Gasteiger partial charge in [-0.15, -0.1) is 0 Å². The normalized spacial score (nSPS) is 24.1. The number of likely N-dealkylation sites (tertiary alicyclic amines) is 2. The smallest absolute Gasteiger partial charge is 0.306 e. The predicted molar refractivity (Wildman–Crippen MR) is 170 cm³/mol. The van der Waals surface area contributed by atoms with Crippen molar-refractivity contribution >= 4 is 57.6 Å². The summed E-state index contributed by atoms with van der Waals surface area (Å²) >= 11 is 13.2. The highest BCUT2D eigenvalue weighted by Crippen LogP contribution is 2.34. The zero-order valence-corrected chi connectivity index (χ0v) is 26.6. The Hall–Kier alpha value is -3.15. The molecule has 2 amide bonds. The molecule has 3 aromatic rings. The first-order valence-electron chi connectivity index (χ1n) is 15.4. The van der Waals surface area contributed by atoms with E-state index in [4.69, 9.17) is 37.1 Å². The van der Waals surface area contributed by atoms with Crippen molar-refractivity contribution in [2.45, 2.75) is 62.8 Å². The monoisotopic (exact) mass is 657 g/mol. The average Bonchev–Trinajstić information content (AvgIpc) is 3.63. The zero-order valence-electron chi connectivity index (χ0n) is 25.0. The van der Waals surface area contributed by atoms with E-state index in [1.807, 2.05) is 17.0 Å². The van der Waals surface area contributed by atoms with Crippen LogP contribution >= 0.6 is 23.2 Å². The summed E-state index contributed by atoms with van der Waals surface area (Å²) in [6.07, 6.45) is 5.07. The first kappa shape index (κ1) is 31.8. The number of hydrogen-bond acceptors (Lipinski definition) is 7. The third-order valence-corrected chi connectivity index (χ3v) is 10.1. The summed E-state index contributed by atoms with van der Waals surface area (Å²) in [5.74, 6) is -1.51. The van der Waals surface area contributed by atoms with Crippen molar-refractivity contribution < 1.29 is 33.4 Å². The van der Waals surface area contributed by atoms with E-state index in [0.717, 1.165) is 19.5 Å². The Kier molecular flexibility index (Phi) is 9.68. The van der Waals surface area contributed by atoms with Crippen LogP contribution in [0.2, 0.25) is 10.0 Å². The molecule has 2 aromatic carbocycles. The number of rotatable bonds is 10. The number of nitrogens with one attached hydrogen (secondary N) is 1. The lowest BCUT2D eigenvalue weighted by Crippen LogP contribution is -2.56. The highest BCUT2D eigenvalue weighted by Gasteiger charge is 2.42. The number of carboxylic acid groups (broad SMARTS) is 1. The fourth-order valence-corrected chi connectivity index (χ4v) is 7.15. The number of aliphatic carboxylic acids is 1. The zero-order chi connectivity index (χ0) is 31.7. The number of ether oxygens (including phenoxy) is 2. The van der Waals surface area contributed by atoms with Crippen LogP contribution in [0.5, 0.6) is 0 Å². The van der Waals surface area contributed by atoms with Gasteiger partial charge in [-0.1, -0.05) is 41.4 Å². The number of hydrogen-bond donors (Lipinski definition) is 2. The SMILES string of the molecule is COC1CN([C@H]2C[C@@H](COC3CCC(C(=O)O)CC3)N(C(=O)Cc3cc(Cl)c(NC(=O)c4coc5ccccc45)cc3Cl)C2)C1. The number of furan rings is 1. The number of benzene rings is 2. The summed E-state index contributed by atoms with van der Waals surface area (Å²) in [5, 5.41) is 13.4. The van der Waals surface area contributed by atoms with Crippen LogP contribution in [0.4, 0.5) is 5.69 Å². The minimum absolute atomic E-state index is 0.00507. The maximum absolute atomic E-state index is 13.8. The molecule has 0 spiro atoms. The Labute approximate surface area is 271 Å². The molecule has 1 aromatic heterocycles. The molecule has 2 atom stereocenters. The minimum Gasteiger partial charge on any atom is -0.481 e. The van der Waals surface area contributed by atoms with Crippen molar-refractivity contribution in [2.75, 3.05) is 38.7 Å². The molecular weight excluding hydrogens is 621 g/mol. The number of anilines is 1. The molecule has 12 heteroatoms. The van der Waals surface area contributed by atoms with Crippen LogP contribution in [0.25, 0.3) is 11.0 Å². The third-order valence-electron chi connectivity index (χ3n) is 9.44. The molecule has 3 aliphatic rings. The van der Waals surface area contributed by atoms with Crippen LogP contribution in [-0.2, 0) is 25.5 Å². The lowest BCUT2D eigenvalue weighted by atomic mass is 9.87. The van der Waals surface area contributed by atoms with E-state index < -0.39 is 5.97 Å². The third kappa shape index (κ3) is 7.00. The van der Waals surface area contributed by atoms with E-state index in [0.29, 0.717) is 71.6 Å². The van der Waals surface area contributed by atoms with Gasteiger partial charge >= 0.3 is 5.97 Å². The van der Waals surface area contributed by atoms with Crippen molar-refractivity contribution in [1.82, 2.24) is 9.80 Å². The van der Waals surface area contributed by atoms with Crippen molar-refractivity contribution in [3.05, 3.63) is 63.8 Å². The summed E-state index contributed by atoms with van der Waals surface area (Å²) in [4.78, 5) is 42.4. The van der Waals surface area contributed by atoms with Crippen LogP contribution in [0.1, 0.15) is 48.0 Å². The molecule has 0 radical (unpaired) electrons. The van der Waals surface area contributed by atoms with Gasteiger partial charge in [-0.05, 0) is 55.9 Å². The predicted octanol–water partition coefficient (Wildman–Crippen LogP) is 5.49. The second kappa shape index (κ2) is 13.7. The maximum atomic E-state index is 13.8. The van der Waals surface area contributed by atoms with Crippen LogP contribution in [0.3, 0.4) is 0 Å². The Morgan fingerprint density at radius 2 is 1.78 bits per heavy atom. The van der Waals surface area contributed by atoms with Gasteiger partial charge in [-0.25, -0.2) is 0 Å². The highest BCUT2D eigenvalue weighted by molar-refractivity contribution is 6.36. The van der Waals surface area contributed by atoms with Crippen LogP contribution in [-0.4, -0.2) is 90.3 Å². The van der Waals surface area contributed by atoms with Crippen molar-refractivity contribution in [2.24, 2.45) is 5.92 Å².